The van der Waals surface area contributed by atoms with Gasteiger partial charge in [0.2, 0.25) is 5.15 Å². The molecule has 0 aliphatic heterocycles. The first-order chi connectivity index (χ1) is 7.59. The van der Waals surface area contributed by atoms with Crippen molar-refractivity contribution < 1.29 is 4.92 Å². The molecule has 16 heavy (non-hydrogen) atoms. The lowest BCUT2D eigenvalue weighted by Gasteiger charge is -1.99. The largest absolute Gasteiger partial charge is 0.334 e. The van der Waals surface area contributed by atoms with Crippen LogP contribution in [0, 0.1) is 10.1 Å². The third-order valence-electron chi connectivity index (χ3n) is 1.92. The van der Waals surface area contributed by atoms with Crippen LogP contribution in [0.2, 0.25) is 5.15 Å². The predicted octanol–water partition coefficient (Wildman–Crippen LogP) is 1.44. The molecule has 0 aliphatic rings. The molecule has 8 heteroatoms. The van der Waals surface area contributed by atoms with E-state index < -0.39 is 4.92 Å². The van der Waals surface area contributed by atoms with Gasteiger partial charge < -0.3 is 0 Å². The molecule has 0 bridgehead atoms. The Kier molecular flexibility index (Phi) is 2.53. The molecule has 0 unspecified atom stereocenters. The zero-order chi connectivity index (χ0) is 11.7. The quantitative estimate of drug-likeness (QED) is 0.450. The molecule has 0 amide bonds. The van der Waals surface area contributed by atoms with Crippen LogP contribution >= 0.6 is 11.6 Å². The minimum absolute atomic E-state index is 0.116. The van der Waals surface area contributed by atoms with Gasteiger partial charge in [0.1, 0.15) is 12.0 Å². The molecule has 0 atom stereocenters. The highest BCUT2D eigenvalue weighted by Gasteiger charge is 2.23. The van der Waals surface area contributed by atoms with E-state index in [4.69, 9.17) is 11.6 Å². The Morgan fingerprint density at radius 2 is 2.25 bits per heavy atom. The van der Waals surface area contributed by atoms with Crippen LogP contribution in [0.15, 0.2) is 18.6 Å². The summed E-state index contributed by atoms with van der Waals surface area (Å²) in [5, 5.41) is 14.7. The molecular formula is C8H6ClN5O2. The van der Waals surface area contributed by atoms with Crippen LogP contribution in [-0.2, 0) is 7.05 Å². The van der Waals surface area contributed by atoms with Crippen molar-refractivity contribution in [2.24, 2.45) is 7.05 Å². The van der Waals surface area contributed by atoms with Crippen LogP contribution < -0.4 is 0 Å². The second-order valence-corrected chi connectivity index (χ2v) is 3.35. The summed E-state index contributed by atoms with van der Waals surface area (Å²) in [6.45, 7) is 0. The van der Waals surface area contributed by atoms with Crippen molar-refractivity contribution in [3.8, 4) is 11.4 Å². The Morgan fingerprint density at radius 3 is 2.81 bits per heavy atom. The number of nitrogens with zero attached hydrogens (tertiary/aromatic N) is 5. The lowest BCUT2D eigenvalue weighted by Crippen LogP contribution is -1.98. The van der Waals surface area contributed by atoms with Gasteiger partial charge in [-0.2, -0.15) is 5.10 Å². The van der Waals surface area contributed by atoms with Crippen LogP contribution in [0.25, 0.3) is 11.4 Å². The molecule has 0 radical (unpaired) electrons. The number of aryl methyl sites for hydroxylation is 1. The molecule has 0 fully saturated rings. The van der Waals surface area contributed by atoms with Gasteiger partial charge in [-0.3, -0.25) is 14.8 Å². The third-order valence-corrected chi connectivity index (χ3v) is 2.19. The second-order valence-electron chi connectivity index (χ2n) is 2.99. The summed E-state index contributed by atoms with van der Waals surface area (Å²) in [6, 6.07) is 1.62. The zero-order valence-electron chi connectivity index (χ0n) is 8.16. The normalized spacial score (nSPS) is 10.4. The van der Waals surface area contributed by atoms with Crippen LogP contribution in [0.4, 0.5) is 5.69 Å². The average molecular weight is 240 g/mol. The molecule has 0 spiro atoms. The first kappa shape index (κ1) is 10.5. The Labute approximate surface area is 94.9 Å². The SMILES string of the molecule is Cn1ccc(-c2ncnc(Cl)c2[N+](=O)[O-])n1. The number of hydrogen-bond donors (Lipinski definition) is 0. The number of halogens is 1. The molecule has 2 rings (SSSR count). The highest BCUT2D eigenvalue weighted by Crippen LogP contribution is 2.30. The second kappa shape index (κ2) is 3.86. The number of aromatic nitrogens is 4. The minimum atomic E-state index is -0.619. The van der Waals surface area contributed by atoms with E-state index in [9.17, 15) is 10.1 Å². The van der Waals surface area contributed by atoms with Crippen LogP contribution in [0.1, 0.15) is 0 Å². The van der Waals surface area contributed by atoms with E-state index in [0.29, 0.717) is 5.69 Å². The van der Waals surface area contributed by atoms with Gasteiger partial charge in [0, 0.05) is 13.2 Å². The molecule has 0 aliphatic carbocycles. The fourth-order valence-corrected chi connectivity index (χ4v) is 1.45. The van der Waals surface area contributed by atoms with Crippen molar-refractivity contribution in [2.45, 2.75) is 0 Å². The lowest BCUT2D eigenvalue weighted by atomic mass is 10.2. The van der Waals surface area contributed by atoms with E-state index in [0.717, 1.165) is 0 Å². The molecule has 2 aromatic rings. The molecular weight excluding hydrogens is 234 g/mol. The summed E-state index contributed by atoms with van der Waals surface area (Å²) in [5.74, 6) is 0. The molecule has 2 aromatic heterocycles. The van der Waals surface area contributed by atoms with E-state index in [1.54, 1.807) is 19.3 Å². The first-order valence-corrected chi connectivity index (χ1v) is 4.62. The van der Waals surface area contributed by atoms with Gasteiger partial charge in [-0.1, -0.05) is 11.6 Å². The van der Waals surface area contributed by atoms with Gasteiger partial charge in [-0.05, 0) is 6.07 Å². The average Bonchev–Trinajstić information content (AvgIpc) is 2.63. The Morgan fingerprint density at radius 1 is 1.50 bits per heavy atom. The maximum absolute atomic E-state index is 10.8. The first-order valence-electron chi connectivity index (χ1n) is 4.24. The van der Waals surface area contributed by atoms with Crippen molar-refractivity contribution in [3.63, 3.8) is 0 Å². The van der Waals surface area contributed by atoms with Crippen molar-refractivity contribution in [2.75, 3.05) is 0 Å². The van der Waals surface area contributed by atoms with Crippen molar-refractivity contribution in [3.05, 3.63) is 33.9 Å². The summed E-state index contributed by atoms with van der Waals surface area (Å²) < 4.78 is 1.52. The van der Waals surface area contributed by atoms with Crippen LogP contribution in [0.3, 0.4) is 0 Å². The van der Waals surface area contributed by atoms with Gasteiger partial charge in [0.05, 0.1) is 4.92 Å². The molecule has 7 nitrogen and oxygen atoms in total. The fraction of sp³-hybridized carbons (Fsp3) is 0.125. The number of hydrogen-bond acceptors (Lipinski definition) is 5. The molecule has 0 aromatic carbocycles. The lowest BCUT2D eigenvalue weighted by molar-refractivity contribution is -0.384. The standard InChI is InChI=1S/C8H6ClN5O2/c1-13-3-2-5(12-13)6-7(14(15)16)8(9)11-4-10-6/h2-4H,1H3. The van der Waals surface area contributed by atoms with Crippen molar-refractivity contribution in [1.82, 2.24) is 19.7 Å². The predicted molar refractivity (Wildman–Crippen MR) is 55.9 cm³/mol. The highest BCUT2D eigenvalue weighted by atomic mass is 35.5. The van der Waals surface area contributed by atoms with Gasteiger partial charge in [0.15, 0.2) is 5.69 Å². The highest BCUT2D eigenvalue weighted by molar-refractivity contribution is 6.31. The molecule has 0 N–H and O–H groups in total. The summed E-state index contributed by atoms with van der Waals surface area (Å²) in [6.07, 6.45) is 2.83. The van der Waals surface area contributed by atoms with Gasteiger partial charge in [-0.25, -0.2) is 9.97 Å². The Bertz CT molecular complexity index is 553. The molecule has 2 heterocycles. The van der Waals surface area contributed by atoms with Gasteiger partial charge in [0.25, 0.3) is 0 Å². The Hall–Kier alpha value is -2.02. The minimum Gasteiger partial charge on any atom is -0.275 e. The summed E-state index contributed by atoms with van der Waals surface area (Å²) in [7, 11) is 1.71. The van der Waals surface area contributed by atoms with Crippen molar-refractivity contribution in [1.29, 1.82) is 0 Å². The van der Waals surface area contributed by atoms with Gasteiger partial charge in [-0.15, -0.1) is 0 Å². The van der Waals surface area contributed by atoms with Crippen LogP contribution in [-0.4, -0.2) is 24.7 Å². The van der Waals surface area contributed by atoms with E-state index >= 15 is 0 Å². The maximum atomic E-state index is 10.8. The zero-order valence-corrected chi connectivity index (χ0v) is 8.92. The number of nitro groups is 1. The third kappa shape index (κ3) is 1.72. The smallest absolute Gasteiger partial charge is 0.275 e. The van der Waals surface area contributed by atoms with Crippen LogP contribution in [0.5, 0.6) is 0 Å². The van der Waals surface area contributed by atoms with E-state index in [1.165, 1.54) is 11.0 Å². The van der Waals surface area contributed by atoms with Gasteiger partial charge >= 0.3 is 5.69 Å². The molecule has 0 saturated heterocycles. The summed E-state index contributed by atoms with van der Waals surface area (Å²) in [5.41, 5.74) is 0.173. The van der Waals surface area contributed by atoms with E-state index in [2.05, 4.69) is 15.1 Å². The van der Waals surface area contributed by atoms with E-state index in [-0.39, 0.29) is 16.5 Å². The fourth-order valence-electron chi connectivity index (χ4n) is 1.25. The Balaban J connectivity index is 2.65. The number of rotatable bonds is 2. The molecule has 82 valence electrons. The molecule has 0 saturated carbocycles. The topological polar surface area (TPSA) is 86.7 Å². The summed E-state index contributed by atoms with van der Waals surface area (Å²) >= 11 is 5.65. The van der Waals surface area contributed by atoms with E-state index in [1.807, 2.05) is 0 Å². The maximum Gasteiger partial charge on any atom is 0.334 e. The summed E-state index contributed by atoms with van der Waals surface area (Å²) in [4.78, 5) is 17.6. The van der Waals surface area contributed by atoms with Crippen molar-refractivity contribution >= 4 is 17.3 Å². The monoisotopic (exact) mass is 239 g/mol.